The molecule has 1 aliphatic rings. The maximum Gasteiger partial charge on any atom is 0.344 e. The summed E-state index contributed by atoms with van der Waals surface area (Å²) < 4.78 is 10.00. The van der Waals surface area contributed by atoms with Crippen LogP contribution in [0, 0.1) is 0 Å². The first kappa shape index (κ1) is 16.0. The van der Waals surface area contributed by atoms with Crippen LogP contribution >= 0.6 is 0 Å². The van der Waals surface area contributed by atoms with Crippen molar-refractivity contribution in [1.29, 1.82) is 0 Å². The van der Waals surface area contributed by atoms with Crippen LogP contribution in [0.4, 0.5) is 0 Å². The third-order valence-corrected chi connectivity index (χ3v) is 3.58. The second-order valence-corrected chi connectivity index (χ2v) is 4.94. The average molecular weight is 305 g/mol. The molecule has 0 aromatic heterocycles. The molecule has 118 valence electrons. The molecule has 6 heteroatoms. The van der Waals surface area contributed by atoms with E-state index in [0.29, 0.717) is 0 Å². The number of benzene rings is 1. The molecule has 0 saturated carbocycles. The largest absolute Gasteiger partial charge is 0.464 e. The maximum atomic E-state index is 12.3. The van der Waals surface area contributed by atoms with E-state index in [4.69, 9.17) is 9.47 Å². The van der Waals surface area contributed by atoms with E-state index >= 15 is 0 Å². The molecule has 0 radical (unpaired) electrons. The van der Waals surface area contributed by atoms with Gasteiger partial charge in [-0.15, -0.1) is 0 Å². The Bertz CT molecular complexity index is 551. The summed E-state index contributed by atoms with van der Waals surface area (Å²) in [4.78, 5) is 37.8. The van der Waals surface area contributed by atoms with Crippen LogP contribution in [-0.4, -0.2) is 41.5 Å². The highest BCUT2D eigenvalue weighted by Gasteiger charge is 2.64. The Kier molecular flexibility index (Phi) is 4.80. The molecule has 1 heterocycles. The monoisotopic (exact) mass is 305 g/mol. The number of rotatable bonds is 6. The summed E-state index contributed by atoms with van der Waals surface area (Å²) in [7, 11) is 0. The lowest BCUT2D eigenvalue weighted by molar-refractivity contribution is -0.194. The third kappa shape index (κ3) is 2.68. The zero-order chi connectivity index (χ0) is 16.2. The Morgan fingerprint density at radius 3 is 2.09 bits per heavy atom. The molecule has 0 bridgehead atoms. The first-order chi connectivity index (χ1) is 10.6. The third-order valence-electron chi connectivity index (χ3n) is 3.58. The number of carbonyl (C=O) groups excluding carboxylic acids is 3. The summed E-state index contributed by atoms with van der Waals surface area (Å²) >= 11 is 0. The van der Waals surface area contributed by atoms with Crippen molar-refractivity contribution < 1.29 is 23.9 Å². The Balaban J connectivity index is 2.29. The summed E-state index contributed by atoms with van der Waals surface area (Å²) in [5, 5.41) is 0. The minimum absolute atomic E-state index is 0.132. The van der Waals surface area contributed by atoms with Crippen molar-refractivity contribution in [2.75, 3.05) is 13.2 Å². The summed E-state index contributed by atoms with van der Waals surface area (Å²) in [6.07, 6.45) is -0.211. The SMILES string of the molecule is CCOC(=O)C1(C(=O)OCC)CC(=O)N1Cc1ccccc1. The van der Waals surface area contributed by atoms with E-state index in [1.807, 2.05) is 30.3 Å². The minimum Gasteiger partial charge on any atom is -0.464 e. The molecular formula is C16H19NO5. The fraction of sp³-hybridized carbons (Fsp3) is 0.438. The fourth-order valence-corrected chi connectivity index (χ4v) is 2.47. The van der Waals surface area contributed by atoms with Gasteiger partial charge in [-0.2, -0.15) is 0 Å². The van der Waals surface area contributed by atoms with E-state index < -0.39 is 17.5 Å². The zero-order valence-electron chi connectivity index (χ0n) is 12.7. The molecule has 1 amide bonds. The Morgan fingerprint density at radius 1 is 1.09 bits per heavy atom. The van der Waals surface area contributed by atoms with Gasteiger partial charge in [-0.3, -0.25) is 4.79 Å². The summed E-state index contributed by atoms with van der Waals surface area (Å²) in [5.74, 6) is -1.74. The molecule has 1 aliphatic heterocycles. The quantitative estimate of drug-likeness (QED) is 0.450. The van der Waals surface area contributed by atoms with E-state index in [0.717, 1.165) is 5.56 Å². The lowest BCUT2D eigenvalue weighted by atomic mass is 9.83. The number of amides is 1. The highest BCUT2D eigenvalue weighted by molar-refractivity contribution is 6.15. The minimum atomic E-state index is -1.65. The topological polar surface area (TPSA) is 72.9 Å². The summed E-state index contributed by atoms with van der Waals surface area (Å²) in [5.41, 5.74) is -0.826. The van der Waals surface area contributed by atoms with Crippen LogP contribution in [0.2, 0.25) is 0 Å². The van der Waals surface area contributed by atoms with Crippen LogP contribution in [0.5, 0.6) is 0 Å². The second-order valence-electron chi connectivity index (χ2n) is 4.94. The maximum absolute atomic E-state index is 12.3. The lowest BCUT2D eigenvalue weighted by Gasteiger charge is -2.47. The zero-order valence-corrected chi connectivity index (χ0v) is 12.7. The molecular weight excluding hydrogens is 286 g/mol. The van der Waals surface area contributed by atoms with E-state index in [2.05, 4.69) is 0 Å². The number of β-lactam (4-membered cyclic amide) rings is 1. The molecule has 22 heavy (non-hydrogen) atoms. The number of likely N-dealkylation sites (tertiary alicyclic amines) is 1. The Labute approximate surface area is 129 Å². The van der Waals surface area contributed by atoms with Crippen LogP contribution < -0.4 is 0 Å². The van der Waals surface area contributed by atoms with Gasteiger partial charge in [-0.1, -0.05) is 30.3 Å². The molecule has 1 fully saturated rings. The molecule has 1 saturated heterocycles. The summed E-state index contributed by atoms with van der Waals surface area (Å²) in [6.45, 7) is 3.73. The van der Waals surface area contributed by atoms with Crippen molar-refractivity contribution in [3.8, 4) is 0 Å². The number of carbonyl (C=O) groups is 3. The summed E-state index contributed by atoms with van der Waals surface area (Å²) in [6, 6.07) is 9.16. The lowest BCUT2D eigenvalue weighted by Crippen LogP contribution is -2.72. The van der Waals surface area contributed by atoms with Gasteiger partial charge in [0.2, 0.25) is 11.4 Å². The smallest absolute Gasteiger partial charge is 0.344 e. The average Bonchev–Trinajstić information content (AvgIpc) is 2.51. The van der Waals surface area contributed by atoms with E-state index in [1.165, 1.54) is 4.90 Å². The molecule has 6 nitrogen and oxygen atoms in total. The first-order valence-electron chi connectivity index (χ1n) is 7.25. The molecule has 1 aromatic carbocycles. The van der Waals surface area contributed by atoms with Gasteiger partial charge in [0.1, 0.15) is 0 Å². The van der Waals surface area contributed by atoms with Crippen molar-refractivity contribution >= 4 is 17.8 Å². The van der Waals surface area contributed by atoms with Gasteiger partial charge < -0.3 is 14.4 Å². The molecule has 1 aromatic rings. The molecule has 2 rings (SSSR count). The molecule has 0 spiro atoms. The van der Waals surface area contributed by atoms with E-state index in [1.54, 1.807) is 13.8 Å². The predicted octanol–water partition coefficient (Wildman–Crippen LogP) is 1.28. The van der Waals surface area contributed by atoms with Crippen molar-refractivity contribution in [1.82, 2.24) is 4.90 Å². The number of hydrogen-bond acceptors (Lipinski definition) is 5. The number of esters is 2. The van der Waals surface area contributed by atoms with Gasteiger partial charge in [0.05, 0.1) is 19.6 Å². The number of hydrogen-bond donors (Lipinski definition) is 0. The Hall–Kier alpha value is -2.37. The van der Waals surface area contributed by atoms with Crippen LogP contribution in [0.3, 0.4) is 0 Å². The van der Waals surface area contributed by atoms with Gasteiger partial charge >= 0.3 is 11.9 Å². The van der Waals surface area contributed by atoms with Crippen LogP contribution in [0.25, 0.3) is 0 Å². The highest BCUT2D eigenvalue weighted by Crippen LogP contribution is 2.36. The van der Waals surface area contributed by atoms with Crippen molar-refractivity contribution in [2.24, 2.45) is 0 Å². The molecule has 0 unspecified atom stereocenters. The van der Waals surface area contributed by atoms with Crippen molar-refractivity contribution in [2.45, 2.75) is 32.4 Å². The van der Waals surface area contributed by atoms with Gasteiger partial charge in [0.25, 0.3) is 0 Å². The van der Waals surface area contributed by atoms with Crippen LogP contribution in [0.1, 0.15) is 25.8 Å². The van der Waals surface area contributed by atoms with Crippen LogP contribution in [-0.2, 0) is 30.4 Å². The standard InChI is InChI=1S/C16H19NO5/c1-3-21-14(19)16(15(20)22-4-2)10-13(18)17(16)11-12-8-6-5-7-9-12/h5-9H,3-4,10-11H2,1-2H3. The fourth-order valence-electron chi connectivity index (χ4n) is 2.47. The second kappa shape index (κ2) is 6.60. The van der Waals surface area contributed by atoms with Crippen molar-refractivity contribution in [3.63, 3.8) is 0 Å². The normalized spacial score (nSPS) is 15.9. The van der Waals surface area contributed by atoms with Crippen molar-refractivity contribution in [3.05, 3.63) is 35.9 Å². The number of nitrogens with zero attached hydrogens (tertiary/aromatic N) is 1. The van der Waals surface area contributed by atoms with E-state index in [9.17, 15) is 14.4 Å². The first-order valence-corrected chi connectivity index (χ1v) is 7.25. The molecule has 0 atom stereocenters. The molecule has 0 N–H and O–H groups in total. The van der Waals surface area contributed by atoms with Gasteiger partial charge in [-0.25, -0.2) is 9.59 Å². The van der Waals surface area contributed by atoms with Gasteiger partial charge in [-0.05, 0) is 19.4 Å². The van der Waals surface area contributed by atoms with Gasteiger partial charge in [0, 0.05) is 6.54 Å². The van der Waals surface area contributed by atoms with Gasteiger partial charge in [0.15, 0.2) is 0 Å². The predicted molar refractivity (Wildman–Crippen MR) is 77.6 cm³/mol. The molecule has 0 aliphatic carbocycles. The highest BCUT2D eigenvalue weighted by atomic mass is 16.6. The number of ether oxygens (including phenoxy) is 2. The van der Waals surface area contributed by atoms with Crippen LogP contribution in [0.15, 0.2) is 30.3 Å². The van der Waals surface area contributed by atoms with E-state index in [-0.39, 0.29) is 32.1 Å². The Morgan fingerprint density at radius 2 is 1.64 bits per heavy atom.